The Hall–Kier alpha value is -2.33. The van der Waals surface area contributed by atoms with Crippen LogP contribution in [0, 0.1) is 13.8 Å². The van der Waals surface area contributed by atoms with Crippen LogP contribution in [0.5, 0.6) is 0 Å². The molecular weight excluding hydrogens is 360 g/mol. The van der Waals surface area contributed by atoms with Crippen LogP contribution in [0.1, 0.15) is 35.6 Å². The van der Waals surface area contributed by atoms with Gasteiger partial charge in [-0.05, 0) is 48.6 Å². The van der Waals surface area contributed by atoms with Crippen LogP contribution in [0.25, 0.3) is 0 Å². The SMILES string of the molecule is CC[C@@H](C(=O)NC)N(Cc1ccccc1Cl)C(=O)Cc1ccc(C)c(C)c1. The summed E-state index contributed by atoms with van der Waals surface area (Å²) < 4.78 is 0. The lowest BCUT2D eigenvalue weighted by atomic mass is 10.0. The largest absolute Gasteiger partial charge is 0.357 e. The van der Waals surface area contributed by atoms with E-state index >= 15 is 0 Å². The van der Waals surface area contributed by atoms with Crippen LogP contribution in [0.4, 0.5) is 0 Å². The molecule has 0 fully saturated rings. The number of amides is 2. The molecular formula is C22H27ClN2O2. The van der Waals surface area contributed by atoms with Gasteiger partial charge in [0.05, 0.1) is 6.42 Å². The highest BCUT2D eigenvalue weighted by Crippen LogP contribution is 2.21. The fourth-order valence-electron chi connectivity index (χ4n) is 3.09. The second kappa shape index (κ2) is 9.56. The third kappa shape index (κ3) is 5.33. The van der Waals surface area contributed by atoms with E-state index in [1.807, 2.05) is 57.2 Å². The van der Waals surface area contributed by atoms with Crippen LogP contribution in [0.3, 0.4) is 0 Å². The minimum atomic E-state index is -0.537. The molecule has 27 heavy (non-hydrogen) atoms. The van der Waals surface area contributed by atoms with Gasteiger partial charge in [-0.1, -0.05) is 54.9 Å². The van der Waals surface area contributed by atoms with E-state index in [0.29, 0.717) is 18.0 Å². The van der Waals surface area contributed by atoms with Crippen molar-refractivity contribution in [1.29, 1.82) is 0 Å². The lowest BCUT2D eigenvalue weighted by molar-refractivity contribution is -0.140. The van der Waals surface area contributed by atoms with Gasteiger partial charge in [0.15, 0.2) is 0 Å². The highest BCUT2D eigenvalue weighted by molar-refractivity contribution is 6.31. The van der Waals surface area contributed by atoms with E-state index in [1.165, 1.54) is 5.56 Å². The van der Waals surface area contributed by atoms with Gasteiger partial charge in [-0.25, -0.2) is 0 Å². The van der Waals surface area contributed by atoms with Gasteiger partial charge >= 0.3 is 0 Å². The molecule has 0 unspecified atom stereocenters. The maximum Gasteiger partial charge on any atom is 0.242 e. The number of rotatable bonds is 7. The highest BCUT2D eigenvalue weighted by atomic mass is 35.5. The van der Waals surface area contributed by atoms with Crippen molar-refractivity contribution in [3.8, 4) is 0 Å². The number of likely N-dealkylation sites (N-methyl/N-ethyl adjacent to an activating group) is 1. The second-order valence-corrected chi connectivity index (χ2v) is 7.15. The monoisotopic (exact) mass is 386 g/mol. The van der Waals surface area contributed by atoms with Gasteiger partial charge in [0.25, 0.3) is 0 Å². The molecule has 2 amide bonds. The van der Waals surface area contributed by atoms with Gasteiger partial charge in [-0.15, -0.1) is 0 Å². The standard InChI is InChI=1S/C22H27ClN2O2/c1-5-20(22(27)24-4)25(14-18-8-6-7-9-19(18)23)21(26)13-17-11-10-15(2)16(3)12-17/h6-12,20H,5,13-14H2,1-4H3,(H,24,27)/t20-/m0/s1. The van der Waals surface area contributed by atoms with E-state index in [4.69, 9.17) is 11.6 Å². The number of carbonyl (C=O) groups is 2. The van der Waals surface area contributed by atoms with Crippen molar-refractivity contribution in [2.24, 2.45) is 0 Å². The molecule has 2 rings (SSSR count). The minimum Gasteiger partial charge on any atom is -0.357 e. The molecule has 144 valence electrons. The van der Waals surface area contributed by atoms with Crippen molar-refractivity contribution in [3.05, 3.63) is 69.7 Å². The van der Waals surface area contributed by atoms with Crippen molar-refractivity contribution >= 4 is 23.4 Å². The summed E-state index contributed by atoms with van der Waals surface area (Å²) >= 11 is 6.29. The third-order valence-electron chi connectivity index (χ3n) is 4.86. The van der Waals surface area contributed by atoms with Crippen molar-refractivity contribution in [1.82, 2.24) is 10.2 Å². The highest BCUT2D eigenvalue weighted by Gasteiger charge is 2.28. The van der Waals surface area contributed by atoms with Gasteiger partial charge in [-0.2, -0.15) is 0 Å². The maximum atomic E-state index is 13.1. The molecule has 4 nitrogen and oxygen atoms in total. The zero-order valence-corrected chi connectivity index (χ0v) is 17.1. The van der Waals surface area contributed by atoms with Crippen molar-refractivity contribution < 1.29 is 9.59 Å². The van der Waals surface area contributed by atoms with Gasteiger partial charge in [0, 0.05) is 18.6 Å². The van der Waals surface area contributed by atoms with Crippen molar-refractivity contribution in [2.75, 3.05) is 7.05 Å². The average Bonchev–Trinajstić information content (AvgIpc) is 2.65. The number of hydrogen-bond acceptors (Lipinski definition) is 2. The fraction of sp³-hybridized carbons (Fsp3) is 0.364. The van der Waals surface area contributed by atoms with Crippen LogP contribution in [-0.2, 0) is 22.6 Å². The molecule has 2 aromatic rings. The summed E-state index contributed by atoms with van der Waals surface area (Å²) in [6.07, 6.45) is 0.780. The summed E-state index contributed by atoms with van der Waals surface area (Å²) in [4.78, 5) is 27.2. The number of hydrogen-bond donors (Lipinski definition) is 1. The predicted octanol–water partition coefficient (Wildman–Crippen LogP) is 4.05. The Morgan fingerprint density at radius 2 is 1.81 bits per heavy atom. The third-order valence-corrected chi connectivity index (χ3v) is 5.23. The van der Waals surface area contributed by atoms with Crippen LogP contribution in [-0.4, -0.2) is 29.8 Å². The van der Waals surface area contributed by atoms with E-state index in [9.17, 15) is 9.59 Å². The minimum absolute atomic E-state index is 0.0892. The van der Waals surface area contributed by atoms with E-state index in [0.717, 1.165) is 16.7 Å². The van der Waals surface area contributed by atoms with Gasteiger partial charge in [0.2, 0.25) is 11.8 Å². The summed E-state index contributed by atoms with van der Waals surface area (Å²) in [5, 5.41) is 3.26. The van der Waals surface area contributed by atoms with Crippen LogP contribution < -0.4 is 5.32 Å². The number of halogens is 1. The van der Waals surface area contributed by atoms with Crippen molar-refractivity contribution in [3.63, 3.8) is 0 Å². The molecule has 0 saturated carbocycles. The Bertz CT molecular complexity index is 820. The summed E-state index contributed by atoms with van der Waals surface area (Å²) in [6, 6.07) is 12.9. The van der Waals surface area contributed by atoms with Gasteiger partial charge in [0.1, 0.15) is 6.04 Å². The average molecular weight is 387 g/mol. The molecule has 0 aliphatic rings. The first-order valence-corrected chi connectivity index (χ1v) is 9.55. The first-order valence-electron chi connectivity index (χ1n) is 9.18. The fourth-order valence-corrected chi connectivity index (χ4v) is 3.28. The molecule has 5 heteroatoms. The Balaban J connectivity index is 2.32. The quantitative estimate of drug-likeness (QED) is 0.780. The number of benzene rings is 2. The molecule has 0 aliphatic carbocycles. The first-order chi connectivity index (χ1) is 12.9. The zero-order valence-electron chi connectivity index (χ0n) is 16.4. The van der Waals surface area contributed by atoms with E-state index in [2.05, 4.69) is 5.32 Å². The zero-order chi connectivity index (χ0) is 20.0. The van der Waals surface area contributed by atoms with Crippen LogP contribution in [0.15, 0.2) is 42.5 Å². The summed E-state index contributed by atoms with van der Waals surface area (Å²) in [5.41, 5.74) is 4.11. The number of carbonyl (C=O) groups excluding carboxylic acids is 2. The smallest absolute Gasteiger partial charge is 0.242 e. The first kappa shape index (κ1) is 21.0. The van der Waals surface area contributed by atoms with Crippen LogP contribution in [0.2, 0.25) is 5.02 Å². The number of aryl methyl sites for hydroxylation is 2. The molecule has 0 spiro atoms. The number of nitrogens with one attached hydrogen (secondary N) is 1. The molecule has 1 atom stereocenters. The normalized spacial score (nSPS) is 11.7. The molecule has 1 N–H and O–H groups in total. The van der Waals surface area contributed by atoms with Gasteiger partial charge < -0.3 is 10.2 Å². The molecule has 2 aromatic carbocycles. The van der Waals surface area contributed by atoms with Crippen LogP contribution >= 0.6 is 11.6 Å². The summed E-state index contributed by atoms with van der Waals surface area (Å²) in [7, 11) is 1.59. The molecule has 0 heterocycles. The lowest BCUT2D eigenvalue weighted by Crippen LogP contribution is -2.48. The summed E-state index contributed by atoms with van der Waals surface area (Å²) in [6.45, 7) is 6.28. The molecule has 0 bridgehead atoms. The molecule has 0 aromatic heterocycles. The summed E-state index contributed by atoms with van der Waals surface area (Å²) in [5.74, 6) is -0.258. The molecule has 0 saturated heterocycles. The Kier molecular flexibility index (Phi) is 7.43. The second-order valence-electron chi connectivity index (χ2n) is 6.75. The Morgan fingerprint density at radius 1 is 1.11 bits per heavy atom. The lowest BCUT2D eigenvalue weighted by Gasteiger charge is -2.30. The molecule has 0 radical (unpaired) electrons. The maximum absolute atomic E-state index is 13.1. The number of nitrogens with zero attached hydrogens (tertiary/aromatic N) is 1. The Morgan fingerprint density at radius 3 is 2.41 bits per heavy atom. The van der Waals surface area contributed by atoms with Gasteiger partial charge in [-0.3, -0.25) is 9.59 Å². The topological polar surface area (TPSA) is 49.4 Å². The van der Waals surface area contributed by atoms with Crippen molar-refractivity contribution in [2.45, 2.75) is 46.2 Å². The van der Waals surface area contributed by atoms with E-state index in [1.54, 1.807) is 18.0 Å². The van der Waals surface area contributed by atoms with E-state index in [-0.39, 0.29) is 18.2 Å². The van der Waals surface area contributed by atoms with E-state index < -0.39 is 6.04 Å². The molecule has 0 aliphatic heterocycles. The Labute approximate surface area is 166 Å². The predicted molar refractivity (Wildman–Crippen MR) is 110 cm³/mol.